The summed E-state index contributed by atoms with van der Waals surface area (Å²) >= 11 is 0. The molecule has 0 bridgehead atoms. The maximum absolute atomic E-state index is 12.6. The van der Waals surface area contributed by atoms with Crippen molar-refractivity contribution in [3.63, 3.8) is 0 Å². The third kappa shape index (κ3) is 1.33. The number of alkyl halides is 2. The number of nitrogens with one attached hydrogen (secondary N) is 1. The van der Waals surface area contributed by atoms with Gasteiger partial charge in [0.05, 0.1) is 0 Å². The molecule has 0 heterocycles. The van der Waals surface area contributed by atoms with Crippen molar-refractivity contribution < 1.29 is 13.6 Å². The van der Waals surface area contributed by atoms with Crippen LogP contribution in [0.1, 0.15) is 6.92 Å². The van der Waals surface area contributed by atoms with Crippen molar-refractivity contribution in [2.45, 2.75) is 12.8 Å². The molecule has 68 valence electrons. The molecule has 0 aliphatic heterocycles. The Labute approximate surface area is 69.6 Å². The van der Waals surface area contributed by atoms with Crippen LogP contribution in [-0.2, 0) is 4.79 Å². The van der Waals surface area contributed by atoms with Gasteiger partial charge in [-0.1, -0.05) is 13.0 Å². The van der Waals surface area contributed by atoms with Crippen molar-refractivity contribution >= 4 is 5.91 Å². The minimum absolute atomic E-state index is 0.248. The fourth-order valence-electron chi connectivity index (χ4n) is 1.16. The molecule has 0 saturated heterocycles. The standard InChI is InChI=1S/C8H11F2NO/c1-3-4-11-7(12)6-5(2)8(6,9)10/h3,5-6H,1,4H2,2H3,(H,11,12). The second-order valence-electron chi connectivity index (χ2n) is 2.97. The lowest BCUT2D eigenvalue weighted by molar-refractivity contribution is -0.124. The highest BCUT2D eigenvalue weighted by Crippen LogP contribution is 2.54. The maximum Gasteiger partial charge on any atom is 0.263 e. The van der Waals surface area contributed by atoms with Crippen LogP contribution in [0.15, 0.2) is 12.7 Å². The quantitative estimate of drug-likeness (QED) is 0.641. The van der Waals surface area contributed by atoms with E-state index in [9.17, 15) is 13.6 Å². The van der Waals surface area contributed by atoms with Gasteiger partial charge in [-0.25, -0.2) is 8.78 Å². The number of carbonyl (C=O) groups excluding carboxylic acids is 1. The summed E-state index contributed by atoms with van der Waals surface area (Å²) in [6.45, 7) is 4.99. The molecule has 1 fully saturated rings. The first-order chi connectivity index (χ1) is 5.51. The van der Waals surface area contributed by atoms with E-state index >= 15 is 0 Å². The minimum Gasteiger partial charge on any atom is -0.352 e. The van der Waals surface area contributed by atoms with Crippen molar-refractivity contribution in [3.8, 4) is 0 Å². The molecule has 2 atom stereocenters. The summed E-state index contributed by atoms with van der Waals surface area (Å²) in [5.41, 5.74) is 0. The van der Waals surface area contributed by atoms with E-state index in [0.717, 1.165) is 0 Å². The first-order valence-electron chi connectivity index (χ1n) is 3.78. The molecule has 0 radical (unpaired) electrons. The zero-order valence-electron chi connectivity index (χ0n) is 6.81. The summed E-state index contributed by atoms with van der Waals surface area (Å²) in [4.78, 5) is 11.0. The van der Waals surface area contributed by atoms with Gasteiger partial charge in [0.2, 0.25) is 5.91 Å². The SMILES string of the molecule is C=CCNC(=O)C1C(C)C1(F)F. The average Bonchev–Trinajstić information content (AvgIpc) is 2.47. The normalized spacial score (nSPS) is 30.9. The molecule has 0 spiro atoms. The number of hydrogen-bond donors (Lipinski definition) is 1. The molecule has 1 rings (SSSR count). The van der Waals surface area contributed by atoms with E-state index in [2.05, 4.69) is 11.9 Å². The highest BCUT2D eigenvalue weighted by atomic mass is 19.3. The van der Waals surface area contributed by atoms with Crippen molar-refractivity contribution in [2.24, 2.45) is 11.8 Å². The summed E-state index contributed by atoms with van der Waals surface area (Å²) < 4.78 is 25.2. The molecule has 2 unspecified atom stereocenters. The van der Waals surface area contributed by atoms with Crippen LogP contribution in [0.5, 0.6) is 0 Å². The predicted octanol–water partition coefficient (Wildman–Crippen LogP) is 1.19. The molecular formula is C8H11F2NO. The number of amides is 1. The second kappa shape index (κ2) is 2.84. The van der Waals surface area contributed by atoms with Crippen molar-refractivity contribution in [1.82, 2.24) is 5.32 Å². The van der Waals surface area contributed by atoms with E-state index in [-0.39, 0.29) is 6.54 Å². The van der Waals surface area contributed by atoms with E-state index in [1.54, 1.807) is 0 Å². The van der Waals surface area contributed by atoms with Gasteiger partial charge in [0.15, 0.2) is 0 Å². The third-order valence-electron chi connectivity index (χ3n) is 2.12. The summed E-state index contributed by atoms with van der Waals surface area (Å²) in [5, 5.41) is 2.34. The van der Waals surface area contributed by atoms with E-state index in [1.165, 1.54) is 13.0 Å². The lowest BCUT2D eigenvalue weighted by Crippen LogP contribution is -2.27. The molecule has 4 heteroatoms. The molecule has 1 N–H and O–H groups in total. The Kier molecular flexibility index (Phi) is 2.17. The number of hydrogen-bond acceptors (Lipinski definition) is 1. The van der Waals surface area contributed by atoms with Crippen LogP contribution in [0.4, 0.5) is 8.78 Å². The van der Waals surface area contributed by atoms with Crippen molar-refractivity contribution in [3.05, 3.63) is 12.7 Å². The van der Waals surface area contributed by atoms with Crippen LogP contribution in [0, 0.1) is 11.8 Å². The van der Waals surface area contributed by atoms with Crippen LogP contribution in [0.25, 0.3) is 0 Å². The number of rotatable bonds is 3. The molecule has 2 nitrogen and oxygen atoms in total. The van der Waals surface area contributed by atoms with Gasteiger partial charge in [0.1, 0.15) is 5.92 Å². The first kappa shape index (κ1) is 9.16. The van der Waals surface area contributed by atoms with Gasteiger partial charge in [-0.05, 0) is 0 Å². The van der Waals surface area contributed by atoms with Crippen LogP contribution >= 0.6 is 0 Å². The zero-order chi connectivity index (χ0) is 9.35. The molecule has 1 aliphatic carbocycles. The van der Waals surface area contributed by atoms with Gasteiger partial charge in [-0.15, -0.1) is 6.58 Å². The Morgan fingerprint density at radius 1 is 1.75 bits per heavy atom. The van der Waals surface area contributed by atoms with Crippen molar-refractivity contribution in [1.29, 1.82) is 0 Å². The van der Waals surface area contributed by atoms with Crippen LogP contribution in [0.2, 0.25) is 0 Å². The van der Waals surface area contributed by atoms with Gasteiger partial charge in [-0.2, -0.15) is 0 Å². The molecule has 1 aliphatic rings. The fourth-order valence-corrected chi connectivity index (χ4v) is 1.16. The zero-order valence-corrected chi connectivity index (χ0v) is 6.81. The summed E-state index contributed by atoms with van der Waals surface area (Å²) in [6, 6.07) is 0. The van der Waals surface area contributed by atoms with Gasteiger partial charge in [0, 0.05) is 12.5 Å². The van der Waals surface area contributed by atoms with Crippen LogP contribution in [-0.4, -0.2) is 18.4 Å². The molecule has 0 aromatic carbocycles. The van der Waals surface area contributed by atoms with E-state index in [0.29, 0.717) is 0 Å². The van der Waals surface area contributed by atoms with Gasteiger partial charge < -0.3 is 5.32 Å². The summed E-state index contributed by atoms with van der Waals surface area (Å²) in [7, 11) is 0. The van der Waals surface area contributed by atoms with E-state index in [4.69, 9.17) is 0 Å². The predicted molar refractivity (Wildman–Crippen MR) is 40.8 cm³/mol. The Balaban J connectivity index is 2.41. The minimum atomic E-state index is -2.80. The highest BCUT2D eigenvalue weighted by molar-refractivity contribution is 5.83. The second-order valence-corrected chi connectivity index (χ2v) is 2.97. The average molecular weight is 175 g/mol. The fraction of sp³-hybridized carbons (Fsp3) is 0.625. The third-order valence-corrected chi connectivity index (χ3v) is 2.12. The van der Waals surface area contributed by atoms with Crippen LogP contribution in [0.3, 0.4) is 0 Å². The smallest absolute Gasteiger partial charge is 0.263 e. The highest BCUT2D eigenvalue weighted by Gasteiger charge is 2.69. The van der Waals surface area contributed by atoms with Gasteiger partial charge in [0.25, 0.3) is 5.92 Å². The Hall–Kier alpha value is -0.930. The Morgan fingerprint density at radius 3 is 2.58 bits per heavy atom. The Morgan fingerprint density at radius 2 is 2.25 bits per heavy atom. The summed E-state index contributed by atoms with van der Waals surface area (Å²) in [6.07, 6.45) is 1.46. The molecule has 1 amide bonds. The van der Waals surface area contributed by atoms with Crippen molar-refractivity contribution in [2.75, 3.05) is 6.54 Å². The molecule has 12 heavy (non-hydrogen) atoms. The topological polar surface area (TPSA) is 29.1 Å². The number of carbonyl (C=O) groups is 1. The lowest BCUT2D eigenvalue weighted by Gasteiger charge is -1.98. The van der Waals surface area contributed by atoms with E-state index < -0.39 is 23.7 Å². The monoisotopic (exact) mass is 175 g/mol. The maximum atomic E-state index is 12.6. The van der Waals surface area contributed by atoms with Gasteiger partial charge >= 0.3 is 0 Å². The largest absolute Gasteiger partial charge is 0.352 e. The summed E-state index contributed by atoms with van der Waals surface area (Å²) in [5.74, 6) is -5.32. The first-order valence-corrected chi connectivity index (χ1v) is 3.78. The number of halogens is 2. The lowest BCUT2D eigenvalue weighted by atomic mass is 10.3. The van der Waals surface area contributed by atoms with E-state index in [1.807, 2.05) is 0 Å². The van der Waals surface area contributed by atoms with Gasteiger partial charge in [-0.3, -0.25) is 4.79 Å². The molecule has 1 saturated carbocycles. The molecular weight excluding hydrogens is 164 g/mol. The molecule has 0 aromatic rings. The van der Waals surface area contributed by atoms with Crippen LogP contribution < -0.4 is 5.32 Å². The molecule has 0 aromatic heterocycles. The Bertz CT molecular complexity index is 215.